The average molecular weight is 755 g/mol. The molecule has 296 valence electrons. The number of aliphatic hydroxyl groups is 1. The van der Waals surface area contributed by atoms with Gasteiger partial charge in [-0.2, -0.15) is 0 Å². The van der Waals surface area contributed by atoms with Crippen LogP contribution in [-0.2, 0) is 64.4 Å². The molecule has 4 aromatic rings. The molecule has 0 aromatic heterocycles. The fourth-order valence-corrected chi connectivity index (χ4v) is 6.91. The summed E-state index contributed by atoms with van der Waals surface area (Å²) in [6, 6.07) is 40.0. The predicted molar refractivity (Wildman–Crippen MR) is 210 cm³/mol. The summed E-state index contributed by atoms with van der Waals surface area (Å²) in [6.07, 6.45) is -2.66. The number of carbonyl (C=O) groups is 1. The highest BCUT2D eigenvalue weighted by Crippen LogP contribution is 2.35. The van der Waals surface area contributed by atoms with E-state index in [9.17, 15) is 9.90 Å². The van der Waals surface area contributed by atoms with Gasteiger partial charge in [0.2, 0.25) is 6.29 Å². The van der Waals surface area contributed by atoms with Crippen LogP contribution < -0.4 is 0 Å². The molecule has 2 aliphatic rings. The van der Waals surface area contributed by atoms with E-state index in [0.29, 0.717) is 39.6 Å². The zero-order valence-corrected chi connectivity index (χ0v) is 32.8. The molecule has 2 aliphatic heterocycles. The first-order valence-electron chi connectivity index (χ1n) is 19.4. The highest BCUT2D eigenvalue weighted by molar-refractivity contribution is 5.66. The number of hydrogen-bond donors (Lipinski definition) is 1. The van der Waals surface area contributed by atoms with Crippen LogP contribution in [0.15, 0.2) is 121 Å². The number of ether oxygens (including phenoxy) is 7. The van der Waals surface area contributed by atoms with Gasteiger partial charge >= 0.3 is 5.97 Å². The van der Waals surface area contributed by atoms with Crippen molar-refractivity contribution in [2.45, 2.75) is 98.0 Å². The highest BCUT2D eigenvalue weighted by atomic mass is 16.7. The van der Waals surface area contributed by atoms with E-state index in [1.807, 2.05) is 121 Å². The van der Waals surface area contributed by atoms with Gasteiger partial charge < -0.3 is 38.3 Å². The lowest BCUT2D eigenvalue weighted by Crippen LogP contribution is -2.53. The number of hydrogen-bond acceptors (Lipinski definition) is 9. The Hall–Kier alpha value is -3.93. The van der Waals surface area contributed by atoms with Gasteiger partial charge in [0.15, 0.2) is 6.29 Å². The third-order valence-corrected chi connectivity index (χ3v) is 10.7. The zero-order chi connectivity index (χ0) is 39.0. The van der Waals surface area contributed by atoms with Crippen molar-refractivity contribution in [3.8, 4) is 0 Å². The molecule has 2 fully saturated rings. The van der Waals surface area contributed by atoms with Crippen LogP contribution in [0.4, 0.5) is 0 Å². The normalized spacial score (nSPS) is 27.7. The number of rotatable bonds is 15. The third kappa shape index (κ3) is 13.1. The fourth-order valence-electron chi connectivity index (χ4n) is 6.91. The number of aliphatic hydroxyl groups excluding tert-OH is 1. The molecule has 0 saturated carbocycles. The molecule has 9 heteroatoms. The van der Waals surface area contributed by atoms with Crippen LogP contribution in [0.5, 0.6) is 0 Å². The van der Waals surface area contributed by atoms with Gasteiger partial charge in [-0.25, -0.2) is 0 Å². The molecule has 1 N–H and O–H groups in total. The molecule has 55 heavy (non-hydrogen) atoms. The molecule has 0 spiro atoms. The molecule has 4 aromatic carbocycles. The Bertz CT molecular complexity index is 1640. The van der Waals surface area contributed by atoms with Gasteiger partial charge in [-0.15, -0.1) is 0 Å². The van der Waals surface area contributed by atoms with Gasteiger partial charge in [0, 0.05) is 6.92 Å². The molecule has 6 rings (SSSR count). The lowest BCUT2D eigenvalue weighted by molar-refractivity contribution is -0.279. The third-order valence-electron chi connectivity index (χ3n) is 10.7. The maximum absolute atomic E-state index is 11.6. The van der Waals surface area contributed by atoms with Crippen LogP contribution >= 0.6 is 0 Å². The van der Waals surface area contributed by atoms with E-state index < -0.39 is 12.6 Å². The van der Waals surface area contributed by atoms with Crippen molar-refractivity contribution in [3.63, 3.8) is 0 Å². The molecule has 9 nitrogen and oxygen atoms in total. The highest BCUT2D eigenvalue weighted by Gasteiger charge is 2.44. The first kappa shape index (κ1) is 42.2. The van der Waals surface area contributed by atoms with Crippen LogP contribution in [0, 0.1) is 23.7 Å². The van der Waals surface area contributed by atoms with Crippen molar-refractivity contribution in [3.05, 3.63) is 144 Å². The maximum atomic E-state index is 11.6. The van der Waals surface area contributed by atoms with Crippen molar-refractivity contribution in [1.29, 1.82) is 0 Å². The quantitative estimate of drug-likeness (QED) is 0.121. The predicted octanol–water partition coefficient (Wildman–Crippen LogP) is 8.13. The van der Waals surface area contributed by atoms with Crippen molar-refractivity contribution >= 4 is 5.97 Å². The smallest absolute Gasteiger partial charge is 0.305 e. The van der Waals surface area contributed by atoms with Gasteiger partial charge in [0.1, 0.15) is 12.2 Å². The molecule has 0 aliphatic carbocycles. The minimum absolute atomic E-state index is 0.139. The maximum Gasteiger partial charge on any atom is 0.305 e. The van der Waals surface area contributed by atoms with Gasteiger partial charge in [-0.05, 0) is 45.9 Å². The van der Waals surface area contributed by atoms with Gasteiger partial charge in [0.25, 0.3) is 0 Å². The second kappa shape index (κ2) is 22.0. The summed E-state index contributed by atoms with van der Waals surface area (Å²) in [4.78, 5) is 11.6. The minimum Gasteiger partial charge on any atom is -0.433 e. The summed E-state index contributed by atoms with van der Waals surface area (Å²) >= 11 is 0. The van der Waals surface area contributed by atoms with Gasteiger partial charge in [-0.1, -0.05) is 149 Å². The summed E-state index contributed by atoms with van der Waals surface area (Å²) in [5.74, 6) is 0.359. The first-order valence-corrected chi connectivity index (χ1v) is 19.4. The summed E-state index contributed by atoms with van der Waals surface area (Å²) in [6.45, 7) is 12.8. The Morgan fingerprint density at radius 2 is 0.891 bits per heavy atom. The van der Waals surface area contributed by atoms with Gasteiger partial charge in [0.05, 0.1) is 51.8 Å². The van der Waals surface area contributed by atoms with Crippen molar-refractivity contribution in [2.24, 2.45) is 23.7 Å². The van der Waals surface area contributed by atoms with Gasteiger partial charge in [-0.3, -0.25) is 4.79 Å². The molecule has 10 unspecified atom stereocenters. The Morgan fingerprint density at radius 3 is 1.31 bits per heavy atom. The number of esters is 1. The van der Waals surface area contributed by atoms with E-state index in [4.69, 9.17) is 33.2 Å². The van der Waals surface area contributed by atoms with Crippen LogP contribution in [0.25, 0.3) is 0 Å². The largest absolute Gasteiger partial charge is 0.433 e. The van der Waals surface area contributed by atoms with E-state index in [2.05, 4.69) is 27.7 Å². The van der Waals surface area contributed by atoms with Crippen LogP contribution in [0.3, 0.4) is 0 Å². The van der Waals surface area contributed by atoms with Crippen LogP contribution in [0.2, 0.25) is 0 Å². The van der Waals surface area contributed by atoms with Crippen LogP contribution in [0.1, 0.15) is 56.9 Å². The lowest BCUT2D eigenvalue weighted by Gasteiger charge is -2.43. The molecular formula is C46H58O9. The van der Waals surface area contributed by atoms with Crippen molar-refractivity contribution < 1.29 is 43.1 Å². The van der Waals surface area contributed by atoms with E-state index in [-0.39, 0.29) is 54.1 Å². The molecule has 0 radical (unpaired) electrons. The lowest BCUT2D eigenvalue weighted by atomic mass is 9.83. The average Bonchev–Trinajstić information content (AvgIpc) is 3.20. The SMILES string of the molecule is CC(=O)OC1OC(COCc2ccccc2)C(C)C(C)C1OCc1ccccc1.CC1C(COCc2ccccc2)OC(O)C(OCc2ccccc2)C1C. The summed E-state index contributed by atoms with van der Waals surface area (Å²) in [5, 5.41) is 10.4. The first-order chi connectivity index (χ1) is 26.7. The van der Waals surface area contributed by atoms with Crippen molar-refractivity contribution in [1.82, 2.24) is 0 Å². The molecule has 2 heterocycles. The molecule has 2 saturated heterocycles. The topological polar surface area (TPSA) is 102 Å². The number of benzene rings is 4. The second-order valence-electron chi connectivity index (χ2n) is 14.7. The Kier molecular flexibility index (Phi) is 16.9. The second-order valence-corrected chi connectivity index (χ2v) is 14.7. The molecular weight excluding hydrogens is 696 g/mol. The van der Waals surface area contributed by atoms with E-state index in [1.54, 1.807) is 0 Å². The van der Waals surface area contributed by atoms with Crippen molar-refractivity contribution in [2.75, 3.05) is 13.2 Å². The summed E-state index contributed by atoms with van der Waals surface area (Å²) < 4.78 is 41.2. The summed E-state index contributed by atoms with van der Waals surface area (Å²) in [5.41, 5.74) is 4.41. The number of carbonyl (C=O) groups excluding carboxylic acids is 1. The van der Waals surface area contributed by atoms with E-state index >= 15 is 0 Å². The Morgan fingerprint density at radius 1 is 0.527 bits per heavy atom. The molecule has 0 bridgehead atoms. The molecule has 10 atom stereocenters. The fraction of sp³-hybridized carbons (Fsp3) is 0.457. The van der Waals surface area contributed by atoms with E-state index in [0.717, 1.165) is 22.3 Å². The summed E-state index contributed by atoms with van der Waals surface area (Å²) in [7, 11) is 0. The minimum atomic E-state index is -0.935. The van der Waals surface area contributed by atoms with E-state index in [1.165, 1.54) is 6.92 Å². The zero-order valence-electron chi connectivity index (χ0n) is 32.8. The Labute approximate surface area is 326 Å². The standard InChI is InChI=1S/C24H30O5.C22H28O4/c1-17-18(2)23(27-15-21-12-8-5-9-13-21)24(28-19(3)25)29-22(17)16-26-14-20-10-6-4-7-11-20;1-16-17(2)21(25-14-19-11-7-4-8-12-19)22(23)26-20(16)15-24-13-18-9-5-3-6-10-18/h4-13,17-18,22-24H,14-16H2,1-3H3;3-12,16-17,20-23H,13-15H2,1-2H3. The van der Waals surface area contributed by atoms with Crippen LogP contribution in [-0.4, -0.2) is 61.3 Å². The Balaban J connectivity index is 0.000000212. The monoisotopic (exact) mass is 754 g/mol. The molecule has 0 amide bonds.